The standard InChI is InChI=1S/C18H16O5/c1-22-17-11-14(8-10-16(17)20)15(19)9-5-12-3-6-13(7-4-12)18(21)23-2/h3-11,20H,1-2H3/b9-5+. The lowest BCUT2D eigenvalue weighted by Crippen LogP contribution is -2.00. The predicted molar refractivity (Wildman–Crippen MR) is 85.8 cm³/mol. The lowest BCUT2D eigenvalue weighted by Gasteiger charge is -2.04. The number of ketones is 1. The number of phenols is 1. The van der Waals surface area contributed by atoms with Crippen LogP contribution in [-0.2, 0) is 4.74 Å². The van der Waals surface area contributed by atoms with Gasteiger partial charge in [-0.1, -0.05) is 18.2 Å². The van der Waals surface area contributed by atoms with Crippen molar-refractivity contribution in [3.63, 3.8) is 0 Å². The van der Waals surface area contributed by atoms with E-state index in [-0.39, 0.29) is 17.3 Å². The van der Waals surface area contributed by atoms with Gasteiger partial charge in [0.2, 0.25) is 0 Å². The summed E-state index contributed by atoms with van der Waals surface area (Å²) in [6.45, 7) is 0. The van der Waals surface area contributed by atoms with Gasteiger partial charge in [-0.25, -0.2) is 4.79 Å². The molecule has 0 atom stereocenters. The van der Waals surface area contributed by atoms with Crippen LogP contribution in [0, 0.1) is 0 Å². The Hall–Kier alpha value is -3.08. The molecule has 0 aromatic heterocycles. The molecule has 5 nitrogen and oxygen atoms in total. The molecular weight excluding hydrogens is 296 g/mol. The molecule has 0 heterocycles. The molecule has 0 aliphatic heterocycles. The molecule has 1 N–H and O–H groups in total. The highest BCUT2D eigenvalue weighted by Crippen LogP contribution is 2.26. The number of carbonyl (C=O) groups is 2. The van der Waals surface area contributed by atoms with E-state index < -0.39 is 5.97 Å². The van der Waals surface area contributed by atoms with Crippen LogP contribution in [0.2, 0.25) is 0 Å². The Kier molecular flexibility index (Phi) is 5.15. The second kappa shape index (κ2) is 7.26. The van der Waals surface area contributed by atoms with Crippen LogP contribution in [0.25, 0.3) is 6.08 Å². The summed E-state index contributed by atoms with van der Waals surface area (Å²) in [5.41, 5.74) is 1.62. The van der Waals surface area contributed by atoms with Crippen LogP contribution in [0.5, 0.6) is 11.5 Å². The number of rotatable bonds is 5. The van der Waals surface area contributed by atoms with Crippen molar-refractivity contribution in [3.05, 3.63) is 65.2 Å². The van der Waals surface area contributed by atoms with E-state index in [2.05, 4.69) is 4.74 Å². The summed E-state index contributed by atoms with van der Waals surface area (Å²) in [5, 5.41) is 9.52. The first kappa shape index (κ1) is 16.3. The smallest absolute Gasteiger partial charge is 0.337 e. The Morgan fingerprint density at radius 2 is 1.65 bits per heavy atom. The third-order valence-electron chi connectivity index (χ3n) is 3.22. The van der Waals surface area contributed by atoms with Gasteiger partial charge in [0.25, 0.3) is 0 Å². The van der Waals surface area contributed by atoms with Gasteiger partial charge in [-0.2, -0.15) is 0 Å². The van der Waals surface area contributed by atoms with E-state index in [0.717, 1.165) is 5.56 Å². The summed E-state index contributed by atoms with van der Waals surface area (Å²) in [6, 6.07) is 11.1. The number of allylic oxidation sites excluding steroid dienone is 1. The Balaban J connectivity index is 2.13. The molecule has 2 rings (SSSR count). The lowest BCUT2D eigenvalue weighted by atomic mass is 10.1. The number of aromatic hydroxyl groups is 1. The summed E-state index contributed by atoms with van der Waals surface area (Å²) in [5.74, 6) is -0.411. The van der Waals surface area contributed by atoms with Crippen LogP contribution >= 0.6 is 0 Å². The van der Waals surface area contributed by atoms with Gasteiger partial charge >= 0.3 is 5.97 Å². The van der Waals surface area contributed by atoms with Crippen LogP contribution in [0.4, 0.5) is 0 Å². The van der Waals surface area contributed by atoms with Gasteiger partial charge < -0.3 is 14.6 Å². The van der Waals surface area contributed by atoms with Gasteiger partial charge in [0.1, 0.15) is 0 Å². The largest absolute Gasteiger partial charge is 0.504 e. The number of esters is 1. The van der Waals surface area contributed by atoms with Crippen LogP contribution in [0.3, 0.4) is 0 Å². The highest BCUT2D eigenvalue weighted by atomic mass is 16.5. The first-order chi connectivity index (χ1) is 11.0. The van der Waals surface area contributed by atoms with Crippen molar-refractivity contribution in [2.24, 2.45) is 0 Å². The maximum Gasteiger partial charge on any atom is 0.337 e. The van der Waals surface area contributed by atoms with Gasteiger partial charge in [0.05, 0.1) is 19.8 Å². The van der Waals surface area contributed by atoms with Crippen molar-refractivity contribution in [3.8, 4) is 11.5 Å². The molecule has 118 valence electrons. The van der Waals surface area contributed by atoms with E-state index >= 15 is 0 Å². The number of ether oxygens (including phenoxy) is 2. The molecule has 0 aliphatic carbocycles. The Morgan fingerprint density at radius 3 is 2.26 bits per heavy atom. The van der Waals surface area contributed by atoms with Gasteiger partial charge in [0.15, 0.2) is 17.3 Å². The molecule has 0 saturated carbocycles. The normalized spacial score (nSPS) is 10.5. The number of hydrogen-bond donors (Lipinski definition) is 1. The fourth-order valence-electron chi connectivity index (χ4n) is 1.95. The van der Waals surface area contributed by atoms with Crippen molar-refractivity contribution in [2.75, 3.05) is 14.2 Å². The molecule has 0 bridgehead atoms. The number of benzene rings is 2. The van der Waals surface area contributed by atoms with Crippen molar-refractivity contribution >= 4 is 17.8 Å². The quantitative estimate of drug-likeness (QED) is 0.522. The monoisotopic (exact) mass is 312 g/mol. The van der Waals surface area contributed by atoms with Crippen LogP contribution < -0.4 is 4.74 Å². The molecule has 0 aliphatic rings. The second-order valence-corrected chi connectivity index (χ2v) is 4.70. The lowest BCUT2D eigenvalue weighted by molar-refractivity contribution is 0.0600. The number of phenolic OH excluding ortho intramolecular Hbond substituents is 1. The summed E-state index contributed by atoms with van der Waals surface area (Å²) in [4.78, 5) is 23.5. The molecule has 5 heteroatoms. The predicted octanol–water partition coefficient (Wildman–Crippen LogP) is 3.08. The SMILES string of the molecule is COC(=O)c1ccc(/C=C/C(=O)c2ccc(O)c(OC)c2)cc1. The average Bonchev–Trinajstić information content (AvgIpc) is 2.59. The molecule has 0 amide bonds. The highest BCUT2D eigenvalue weighted by molar-refractivity contribution is 6.07. The van der Waals surface area contributed by atoms with E-state index in [1.54, 1.807) is 30.3 Å². The fourth-order valence-corrected chi connectivity index (χ4v) is 1.95. The summed E-state index contributed by atoms with van der Waals surface area (Å²) in [6.07, 6.45) is 3.06. The summed E-state index contributed by atoms with van der Waals surface area (Å²) in [7, 11) is 2.74. The zero-order chi connectivity index (χ0) is 16.8. The van der Waals surface area contributed by atoms with Gasteiger partial charge in [-0.3, -0.25) is 4.79 Å². The highest BCUT2D eigenvalue weighted by Gasteiger charge is 2.07. The van der Waals surface area contributed by atoms with Crippen molar-refractivity contribution < 1.29 is 24.2 Å². The van der Waals surface area contributed by atoms with Gasteiger partial charge in [-0.15, -0.1) is 0 Å². The number of methoxy groups -OCH3 is 2. The van der Waals surface area contributed by atoms with Crippen molar-refractivity contribution in [2.45, 2.75) is 0 Å². The number of hydrogen-bond acceptors (Lipinski definition) is 5. The maximum atomic E-state index is 12.1. The molecule has 2 aromatic rings. The van der Waals surface area contributed by atoms with E-state index in [9.17, 15) is 14.7 Å². The van der Waals surface area contributed by atoms with E-state index in [1.165, 1.54) is 38.5 Å². The average molecular weight is 312 g/mol. The van der Waals surface area contributed by atoms with Gasteiger partial charge in [0, 0.05) is 5.56 Å². The fraction of sp³-hybridized carbons (Fsp3) is 0.111. The van der Waals surface area contributed by atoms with Crippen LogP contribution in [0.15, 0.2) is 48.5 Å². The minimum Gasteiger partial charge on any atom is -0.504 e. The third-order valence-corrected chi connectivity index (χ3v) is 3.22. The Labute approximate surface area is 133 Å². The summed E-state index contributed by atoms with van der Waals surface area (Å²) < 4.78 is 9.59. The molecular formula is C18H16O5. The molecule has 0 fully saturated rings. The summed E-state index contributed by atoms with van der Waals surface area (Å²) >= 11 is 0. The van der Waals surface area contributed by atoms with E-state index in [4.69, 9.17) is 4.74 Å². The van der Waals surface area contributed by atoms with Crippen molar-refractivity contribution in [1.82, 2.24) is 0 Å². The van der Waals surface area contributed by atoms with E-state index in [0.29, 0.717) is 11.1 Å². The molecule has 2 aromatic carbocycles. The first-order valence-electron chi connectivity index (χ1n) is 6.83. The van der Waals surface area contributed by atoms with Gasteiger partial charge in [-0.05, 0) is 42.0 Å². The maximum absolute atomic E-state index is 12.1. The zero-order valence-electron chi connectivity index (χ0n) is 12.8. The molecule has 0 saturated heterocycles. The third kappa shape index (κ3) is 3.97. The number of carbonyl (C=O) groups excluding carboxylic acids is 2. The topological polar surface area (TPSA) is 72.8 Å². The van der Waals surface area contributed by atoms with Crippen LogP contribution in [0.1, 0.15) is 26.3 Å². The minimum atomic E-state index is -0.409. The van der Waals surface area contributed by atoms with Crippen LogP contribution in [-0.4, -0.2) is 31.1 Å². The zero-order valence-corrected chi connectivity index (χ0v) is 12.8. The Morgan fingerprint density at radius 1 is 1.00 bits per heavy atom. The van der Waals surface area contributed by atoms with Crippen molar-refractivity contribution in [1.29, 1.82) is 0 Å². The minimum absolute atomic E-state index is 0.0218. The first-order valence-corrected chi connectivity index (χ1v) is 6.83. The second-order valence-electron chi connectivity index (χ2n) is 4.70. The molecule has 0 radical (unpaired) electrons. The Bertz CT molecular complexity index is 745. The molecule has 0 unspecified atom stereocenters. The molecule has 0 spiro atoms. The molecule has 23 heavy (non-hydrogen) atoms. The van der Waals surface area contributed by atoms with E-state index in [1.807, 2.05) is 0 Å².